The van der Waals surface area contributed by atoms with Gasteiger partial charge in [0, 0.05) is 11.3 Å². The highest BCUT2D eigenvalue weighted by molar-refractivity contribution is 6.09. The summed E-state index contributed by atoms with van der Waals surface area (Å²) in [7, 11) is 1.30. The van der Waals surface area contributed by atoms with Crippen molar-refractivity contribution >= 4 is 34.4 Å². The van der Waals surface area contributed by atoms with Crippen molar-refractivity contribution in [3.05, 3.63) is 107 Å². The average Bonchev–Trinajstić information content (AvgIpc) is 2.96. The van der Waals surface area contributed by atoms with E-state index in [9.17, 15) is 14.9 Å². The lowest BCUT2D eigenvalue weighted by atomic mass is 10.0. The predicted molar refractivity (Wildman–Crippen MR) is 151 cm³/mol. The molecule has 0 aliphatic heterocycles. The molecule has 0 atom stereocenters. The zero-order valence-corrected chi connectivity index (χ0v) is 22.0. The van der Waals surface area contributed by atoms with Crippen LogP contribution in [0.25, 0.3) is 16.8 Å². The molecule has 0 aromatic heterocycles. The molecule has 0 fully saturated rings. The van der Waals surface area contributed by atoms with Crippen LogP contribution in [0.5, 0.6) is 11.5 Å². The van der Waals surface area contributed by atoms with E-state index in [1.165, 1.54) is 25.3 Å². The number of aryl methyl sites for hydroxylation is 1. The highest BCUT2D eigenvalue weighted by Gasteiger charge is 2.13. The van der Waals surface area contributed by atoms with Crippen molar-refractivity contribution in [2.45, 2.75) is 20.5 Å². The van der Waals surface area contributed by atoms with Crippen LogP contribution in [0.15, 0.2) is 84.4 Å². The molecule has 39 heavy (non-hydrogen) atoms. The molecule has 0 saturated heterocycles. The molecule has 0 spiro atoms. The van der Waals surface area contributed by atoms with Gasteiger partial charge in [0.25, 0.3) is 5.91 Å². The van der Waals surface area contributed by atoms with Crippen molar-refractivity contribution < 1.29 is 23.8 Å². The summed E-state index contributed by atoms with van der Waals surface area (Å²) in [6.07, 6.45) is 1.49. The number of nitriles is 1. The zero-order valence-electron chi connectivity index (χ0n) is 22.0. The van der Waals surface area contributed by atoms with Gasteiger partial charge in [0.2, 0.25) is 0 Å². The minimum atomic E-state index is -0.576. The molecule has 0 aliphatic rings. The number of methoxy groups -OCH3 is 1. The van der Waals surface area contributed by atoms with Gasteiger partial charge in [-0.25, -0.2) is 4.79 Å². The number of anilines is 1. The van der Waals surface area contributed by atoms with E-state index in [4.69, 9.17) is 9.47 Å². The van der Waals surface area contributed by atoms with Crippen molar-refractivity contribution in [2.24, 2.45) is 0 Å². The molecule has 0 radical (unpaired) electrons. The number of carbonyl (C=O) groups is 2. The summed E-state index contributed by atoms with van der Waals surface area (Å²) in [4.78, 5) is 24.4. The normalized spacial score (nSPS) is 11.0. The molecule has 1 amide bonds. The molecule has 196 valence electrons. The topological polar surface area (TPSA) is 97.7 Å². The van der Waals surface area contributed by atoms with E-state index in [2.05, 4.69) is 41.2 Å². The summed E-state index contributed by atoms with van der Waals surface area (Å²) < 4.78 is 16.7. The average molecular weight is 521 g/mol. The van der Waals surface area contributed by atoms with Crippen LogP contribution in [0.2, 0.25) is 0 Å². The van der Waals surface area contributed by atoms with Crippen LogP contribution in [0.4, 0.5) is 5.69 Å². The summed E-state index contributed by atoms with van der Waals surface area (Å²) in [6.45, 7) is 4.72. The van der Waals surface area contributed by atoms with E-state index in [-0.39, 0.29) is 5.57 Å². The number of benzene rings is 4. The van der Waals surface area contributed by atoms with Crippen LogP contribution in [0.3, 0.4) is 0 Å². The molecule has 0 aliphatic carbocycles. The van der Waals surface area contributed by atoms with Gasteiger partial charge in [-0.3, -0.25) is 4.79 Å². The van der Waals surface area contributed by atoms with Gasteiger partial charge >= 0.3 is 5.97 Å². The Bertz CT molecular complexity index is 1580. The standard InChI is InChI=1S/C32H28N2O5/c1-4-38-30-18-22(17-25(19-33)31(35)34-26-14-12-24(13-15-26)32(36)37-3)10-16-29(30)39-20-28-21(2)9-11-23-7-5-6-8-27(23)28/h5-18H,4,20H2,1-3H3,(H,34,35)/b25-17+. The fraction of sp³-hybridized carbons (Fsp3) is 0.156. The molecule has 0 unspecified atom stereocenters. The van der Waals surface area contributed by atoms with Gasteiger partial charge in [0.1, 0.15) is 18.2 Å². The Labute approximate surface area is 227 Å². The molecular formula is C32H28N2O5. The van der Waals surface area contributed by atoms with Crippen molar-refractivity contribution in [1.29, 1.82) is 5.26 Å². The molecule has 1 N–H and O–H groups in total. The highest BCUT2D eigenvalue weighted by Crippen LogP contribution is 2.32. The number of fused-ring (bicyclic) bond motifs is 1. The third-order valence-electron chi connectivity index (χ3n) is 6.15. The third kappa shape index (κ3) is 6.43. The Kier molecular flexibility index (Phi) is 8.60. The van der Waals surface area contributed by atoms with Gasteiger partial charge in [-0.2, -0.15) is 5.26 Å². The first-order chi connectivity index (χ1) is 18.9. The Balaban J connectivity index is 1.53. The highest BCUT2D eigenvalue weighted by atomic mass is 16.5. The van der Waals surface area contributed by atoms with E-state index in [1.807, 2.05) is 25.1 Å². The SMILES string of the molecule is CCOc1cc(/C=C(\C#N)C(=O)Nc2ccc(C(=O)OC)cc2)ccc1OCc1c(C)ccc2ccccc12. The first kappa shape index (κ1) is 27.0. The third-order valence-corrected chi connectivity index (χ3v) is 6.15. The lowest BCUT2D eigenvalue weighted by Crippen LogP contribution is -2.13. The molecule has 0 heterocycles. The maximum absolute atomic E-state index is 12.7. The maximum atomic E-state index is 12.7. The summed E-state index contributed by atoms with van der Waals surface area (Å²) in [5.41, 5.74) is 3.55. The van der Waals surface area contributed by atoms with Crippen molar-refractivity contribution in [1.82, 2.24) is 0 Å². The number of nitrogens with one attached hydrogen (secondary N) is 1. The second kappa shape index (κ2) is 12.4. The molecule has 0 saturated carbocycles. The van der Waals surface area contributed by atoms with E-state index >= 15 is 0 Å². The van der Waals surface area contributed by atoms with Crippen molar-refractivity contribution in [3.63, 3.8) is 0 Å². The Morgan fingerprint density at radius 1 is 0.949 bits per heavy atom. The number of nitrogens with zero attached hydrogens (tertiary/aromatic N) is 1. The first-order valence-corrected chi connectivity index (χ1v) is 12.4. The van der Waals surface area contributed by atoms with E-state index < -0.39 is 11.9 Å². The second-order valence-corrected chi connectivity index (χ2v) is 8.70. The largest absolute Gasteiger partial charge is 0.490 e. The molecule has 4 aromatic rings. The van der Waals surface area contributed by atoms with Crippen LogP contribution >= 0.6 is 0 Å². The van der Waals surface area contributed by atoms with E-state index in [0.29, 0.717) is 41.5 Å². The Morgan fingerprint density at radius 3 is 2.44 bits per heavy atom. The minimum Gasteiger partial charge on any atom is -0.490 e. The number of rotatable bonds is 9. The van der Waals surface area contributed by atoms with Crippen LogP contribution < -0.4 is 14.8 Å². The van der Waals surface area contributed by atoms with Gasteiger partial charge in [-0.15, -0.1) is 0 Å². The maximum Gasteiger partial charge on any atom is 0.337 e. The number of hydrogen-bond donors (Lipinski definition) is 1. The summed E-state index contributed by atoms with van der Waals surface area (Å²) in [5.74, 6) is 0.0264. The quantitative estimate of drug-likeness (QED) is 0.155. The molecule has 0 bridgehead atoms. The number of amides is 1. The van der Waals surface area contributed by atoms with Crippen LogP contribution in [-0.4, -0.2) is 25.6 Å². The van der Waals surface area contributed by atoms with Gasteiger partial charge in [0.15, 0.2) is 11.5 Å². The van der Waals surface area contributed by atoms with E-state index in [1.54, 1.807) is 30.3 Å². The molecule has 7 nitrogen and oxygen atoms in total. The molecular weight excluding hydrogens is 492 g/mol. The molecule has 4 aromatic carbocycles. The summed E-state index contributed by atoms with van der Waals surface area (Å²) in [5, 5.41) is 14.6. The summed E-state index contributed by atoms with van der Waals surface area (Å²) in [6, 6.07) is 25.8. The number of ether oxygens (including phenoxy) is 3. The van der Waals surface area contributed by atoms with Gasteiger partial charge in [0.05, 0.1) is 19.3 Å². The monoisotopic (exact) mass is 520 g/mol. The van der Waals surface area contributed by atoms with Crippen molar-refractivity contribution in [3.8, 4) is 17.6 Å². The molecule has 4 rings (SSSR count). The fourth-order valence-electron chi connectivity index (χ4n) is 4.11. The second-order valence-electron chi connectivity index (χ2n) is 8.70. The number of hydrogen-bond acceptors (Lipinski definition) is 6. The predicted octanol–water partition coefficient (Wildman–Crippen LogP) is 6.46. The lowest BCUT2D eigenvalue weighted by molar-refractivity contribution is -0.112. The summed E-state index contributed by atoms with van der Waals surface area (Å²) >= 11 is 0. The number of carbonyl (C=O) groups excluding carboxylic acids is 2. The van der Waals surface area contributed by atoms with Crippen LogP contribution in [-0.2, 0) is 16.1 Å². The van der Waals surface area contributed by atoms with Gasteiger partial charge in [-0.05, 0) is 78.2 Å². The minimum absolute atomic E-state index is 0.0884. The first-order valence-electron chi connectivity index (χ1n) is 12.4. The zero-order chi connectivity index (χ0) is 27.8. The van der Waals surface area contributed by atoms with Crippen LogP contribution in [0, 0.1) is 18.3 Å². The Hall–Kier alpha value is -5.09. The van der Waals surface area contributed by atoms with Gasteiger partial charge < -0.3 is 19.5 Å². The molecule has 7 heteroatoms. The smallest absolute Gasteiger partial charge is 0.337 e. The Morgan fingerprint density at radius 2 is 1.72 bits per heavy atom. The van der Waals surface area contributed by atoms with Gasteiger partial charge in [-0.1, -0.05) is 42.5 Å². The lowest BCUT2D eigenvalue weighted by Gasteiger charge is -2.15. The van der Waals surface area contributed by atoms with E-state index in [0.717, 1.165) is 21.9 Å². The van der Waals surface area contributed by atoms with Crippen molar-refractivity contribution in [2.75, 3.05) is 19.0 Å². The number of esters is 1. The van der Waals surface area contributed by atoms with Crippen LogP contribution in [0.1, 0.15) is 34.0 Å². The fourth-order valence-corrected chi connectivity index (χ4v) is 4.11.